The molecule has 0 spiro atoms. The molecule has 3 N–H and O–H groups in total. The molecular formula is C13H21N5O. The lowest BCUT2D eigenvalue weighted by Crippen LogP contribution is -2.38. The molecule has 1 atom stereocenters. The highest BCUT2D eigenvalue weighted by Crippen LogP contribution is 2.18. The molecule has 0 bridgehead atoms. The Kier molecular flexibility index (Phi) is 4.21. The van der Waals surface area contributed by atoms with Gasteiger partial charge in [0.25, 0.3) is 0 Å². The molecule has 1 aromatic heterocycles. The summed E-state index contributed by atoms with van der Waals surface area (Å²) in [6.07, 6.45) is 2.77. The van der Waals surface area contributed by atoms with Crippen LogP contribution in [0, 0.1) is 0 Å². The number of aromatic nitrogens is 1. The Labute approximate surface area is 113 Å². The third kappa shape index (κ3) is 3.14. The molecule has 0 aliphatic carbocycles. The molecule has 19 heavy (non-hydrogen) atoms. The highest BCUT2D eigenvalue weighted by Gasteiger charge is 2.20. The number of anilines is 1. The summed E-state index contributed by atoms with van der Waals surface area (Å²) in [5, 5.41) is 11.6. The van der Waals surface area contributed by atoms with Gasteiger partial charge < -0.3 is 20.7 Å². The van der Waals surface area contributed by atoms with E-state index in [0.29, 0.717) is 11.6 Å². The van der Waals surface area contributed by atoms with Gasteiger partial charge in [0, 0.05) is 30.9 Å². The summed E-state index contributed by atoms with van der Waals surface area (Å²) in [5.41, 5.74) is 6.16. The highest BCUT2D eigenvalue weighted by atomic mass is 16.4. The molecular weight excluding hydrogens is 242 g/mol. The van der Waals surface area contributed by atoms with Gasteiger partial charge in [-0.3, -0.25) is 0 Å². The lowest BCUT2D eigenvalue weighted by atomic mass is 10.2. The van der Waals surface area contributed by atoms with Crippen LogP contribution < -0.4 is 10.6 Å². The van der Waals surface area contributed by atoms with Gasteiger partial charge in [0.05, 0.1) is 0 Å². The van der Waals surface area contributed by atoms with E-state index in [1.807, 2.05) is 12.1 Å². The van der Waals surface area contributed by atoms with E-state index >= 15 is 0 Å². The summed E-state index contributed by atoms with van der Waals surface area (Å²) in [6.45, 7) is 5.36. The molecule has 104 valence electrons. The lowest BCUT2D eigenvalue weighted by molar-refractivity contribution is 0.318. The van der Waals surface area contributed by atoms with Crippen molar-refractivity contribution in [2.45, 2.75) is 19.4 Å². The summed E-state index contributed by atoms with van der Waals surface area (Å²) in [4.78, 5) is 9.07. The van der Waals surface area contributed by atoms with Crippen LogP contribution in [0.15, 0.2) is 23.5 Å². The number of nitrogens with zero attached hydrogens (tertiary/aromatic N) is 4. The van der Waals surface area contributed by atoms with Crippen LogP contribution in [0.25, 0.3) is 0 Å². The fourth-order valence-corrected chi connectivity index (χ4v) is 2.48. The number of hydrogen-bond acceptors (Lipinski definition) is 5. The summed E-state index contributed by atoms with van der Waals surface area (Å²) < 4.78 is 0. The molecule has 6 heteroatoms. The van der Waals surface area contributed by atoms with Crippen LogP contribution in [-0.4, -0.2) is 53.7 Å². The standard InChI is InChI=1S/C13H21N5O/c1-10-9-17(2)6-3-7-18(10)12-5-4-11(8-15-12)13(14)16-19/h4-5,8,10,19H,3,6-7,9H2,1-2H3,(H2,14,16). The Balaban J connectivity index is 2.17. The normalized spacial score (nSPS) is 22.3. The molecule has 1 aliphatic heterocycles. The molecule has 0 amide bonds. The Bertz CT molecular complexity index is 445. The summed E-state index contributed by atoms with van der Waals surface area (Å²) in [6, 6.07) is 4.18. The molecule has 0 radical (unpaired) electrons. The van der Waals surface area contributed by atoms with Crippen molar-refractivity contribution in [1.82, 2.24) is 9.88 Å². The van der Waals surface area contributed by atoms with Gasteiger partial charge in [0.15, 0.2) is 5.84 Å². The molecule has 1 unspecified atom stereocenters. The van der Waals surface area contributed by atoms with Gasteiger partial charge in [0.1, 0.15) is 5.82 Å². The maximum Gasteiger partial charge on any atom is 0.171 e. The SMILES string of the molecule is CC1CN(C)CCCN1c1ccc(/C(N)=N/O)cn1. The predicted octanol–water partition coefficient (Wildman–Crippen LogP) is 0.707. The smallest absolute Gasteiger partial charge is 0.171 e. The van der Waals surface area contributed by atoms with Crippen LogP contribution >= 0.6 is 0 Å². The third-order valence-corrected chi connectivity index (χ3v) is 3.49. The minimum absolute atomic E-state index is 0.0858. The van der Waals surface area contributed by atoms with Crippen molar-refractivity contribution in [3.63, 3.8) is 0 Å². The zero-order valence-electron chi connectivity index (χ0n) is 11.5. The topological polar surface area (TPSA) is 78.0 Å². The molecule has 2 rings (SSSR count). The predicted molar refractivity (Wildman–Crippen MR) is 75.7 cm³/mol. The third-order valence-electron chi connectivity index (χ3n) is 3.49. The Morgan fingerprint density at radius 1 is 1.47 bits per heavy atom. The van der Waals surface area contributed by atoms with E-state index in [-0.39, 0.29) is 5.84 Å². The molecule has 0 saturated carbocycles. The van der Waals surface area contributed by atoms with E-state index < -0.39 is 0 Å². The van der Waals surface area contributed by atoms with Gasteiger partial charge in [-0.2, -0.15) is 0 Å². The quantitative estimate of drug-likeness (QED) is 0.355. The van der Waals surface area contributed by atoms with Gasteiger partial charge in [-0.15, -0.1) is 0 Å². The van der Waals surface area contributed by atoms with Crippen molar-refractivity contribution in [3.05, 3.63) is 23.9 Å². The fraction of sp³-hybridized carbons (Fsp3) is 0.538. The minimum atomic E-state index is 0.0858. The first kappa shape index (κ1) is 13.6. The molecule has 6 nitrogen and oxygen atoms in total. The Hall–Kier alpha value is -1.82. The average Bonchev–Trinajstić information content (AvgIpc) is 2.58. The lowest BCUT2D eigenvalue weighted by Gasteiger charge is -2.29. The van der Waals surface area contributed by atoms with Gasteiger partial charge >= 0.3 is 0 Å². The second-order valence-electron chi connectivity index (χ2n) is 5.05. The highest BCUT2D eigenvalue weighted by molar-refractivity contribution is 5.96. The van der Waals surface area contributed by atoms with Gasteiger partial charge in [-0.1, -0.05) is 5.16 Å². The second-order valence-corrected chi connectivity index (χ2v) is 5.05. The maximum absolute atomic E-state index is 8.63. The molecule has 1 aromatic rings. The molecule has 0 aromatic carbocycles. The Morgan fingerprint density at radius 3 is 2.89 bits per heavy atom. The number of pyridine rings is 1. The van der Waals surface area contributed by atoms with E-state index in [9.17, 15) is 0 Å². The number of oxime groups is 1. The number of nitrogens with two attached hydrogens (primary N) is 1. The van der Waals surface area contributed by atoms with Crippen molar-refractivity contribution in [2.75, 3.05) is 31.6 Å². The fourth-order valence-electron chi connectivity index (χ4n) is 2.48. The maximum atomic E-state index is 8.63. The van der Waals surface area contributed by atoms with E-state index in [0.717, 1.165) is 31.9 Å². The zero-order chi connectivity index (χ0) is 13.8. The van der Waals surface area contributed by atoms with E-state index in [2.05, 4.69) is 33.9 Å². The van der Waals surface area contributed by atoms with Crippen LogP contribution in [0.1, 0.15) is 18.9 Å². The van der Waals surface area contributed by atoms with Crippen molar-refractivity contribution in [3.8, 4) is 0 Å². The number of amidine groups is 1. The number of rotatable bonds is 2. The Morgan fingerprint density at radius 2 is 2.26 bits per heavy atom. The second kappa shape index (κ2) is 5.88. The van der Waals surface area contributed by atoms with E-state index in [1.165, 1.54) is 0 Å². The largest absolute Gasteiger partial charge is 0.409 e. The first-order chi connectivity index (χ1) is 9.11. The van der Waals surface area contributed by atoms with Crippen LogP contribution in [-0.2, 0) is 0 Å². The summed E-state index contributed by atoms with van der Waals surface area (Å²) >= 11 is 0. The van der Waals surface area contributed by atoms with Crippen LogP contribution in [0.3, 0.4) is 0 Å². The van der Waals surface area contributed by atoms with Crippen molar-refractivity contribution in [2.24, 2.45) is 10.9 Å². The molecule has 1 saturated heterocycles. The zero-order valence-corrected chi connectivity index (χ0v) is 11.5. The van der Waals surface area contributed by atoms with E-state index in [1.54, 1.807) is 6.20 Å². The minimum Gasteiger partial charge on any atom is -0.409 e. The van der Waals surface area contributed by atoms with Gasteiger partial charge in [-0.05, 0) is 39.1 Å². The summed E-state index contributed by atoms with van der Waals surface area (Å²) in [5.74, 6) is 1.03. The average molecular weight is 263 g/mol. The molecule has 1 aliphatic rings. The number of hydrogen-bond donors (Lipinski definition) is 2. The number of likely N-dealkylation sites (N-methyl/N-ethyl adjacent to an activating group) is 1. The first-order valence-electron chi connectivity index (χ1n) is 6.51. The van der Waals surface area contributed by atoms with E-state index in [4.69, 9.17) is 10.9 Å². The molecule has 1 fully saturated rings. The first-order valence-corrected chi connectivity index (χ1v) is 6.51. The van der Waals surface area contributed by atoms with Crippen LogP contribution in [0.2, 0.25) is 0 Å². The van der Waals surface area contributed by atoms with Crippen molar-refractivity contribution in [1.29, 1.82) is 0 Å². The summed E-state index contributed by atoms with van der Waals surface area (Å²) in [7, 11) is 2.15. The van der Waals surface area contributed by atoms with Crippen molar-refractivity contribution < 1.29 is 5.21 Å². The van der Waals surface area contributed by atoms with Gasteiger partial charge in [0.2, 0.25) is 0 Å². The van der Waals surface area contributed by atoms with Crippen LogP contribution in [0.5, 0.6) is 0 Å². The van der Waals surface area contributed by atoms with Gasteiger partial charge in [-0.25, -0.2) is 4.98 Å². The van der Waals surface area contributed by atoms with Crippen LogP contribution in [0.4, 0.5) is 5.82 Å². The monoisotopic (exact) mass is 263 g/mol. The molecule has 2 heterocycles. The van der Waals surface area contributed by atoms with Crippen molar-refractivity contribution >= 4 is 11.7 Å².